The van der Waals surface area contributed by atoms with Crippen LogP contribution in [-0.2, 0) is 4.74 Å². The van der Waals surface area contributed by atoms with Crippen LogP contribution in [-0.4, -0.2) is 63.9 Å². The molecule has 0 amide bonds. The molecule has 3 aromatic rings. The van der Waals surface area contributed by atoms with Gasteiger partial charge in [0.15, 0.2) is 5.11 Å². The molecule has 0 radical (unpaired) electrons. The summed E-state index contributed by atoms with van der Waals surface area (Å²) in [6.45, 7) is 9.76. The van der Waals surface area contributed by atoms with Crippen molar-refractivity contribution in [2.75, 3.05) is 39.4 Å². The summed E-state index contributed by atoms with van der Waals surface area (Å²) in [6, 6.07) is 13.9. The predicted molar refractivity (Wildman–Crippen MR) is 149 cm³/mol. The molecule has 36 heavy (non-hydrogen) atoms. The highest BCUT2D eigenvalue weighted by Crippen LogP contribution is 2.42. The Morgan fingerprint density at radius 3 is 2.61 bits per heavy atom. The van der Waals surface area contributed by atoms with E-state index in [2.05, 4.69) is 50.6 Å². The first-order valence-corrected chi connectivity index (χ1v) is 13.5. The summed E-state index contributed by atoms with van der Waals surface area (Å²) in [5, 5.41) is 5.60. The number of benzene rings is 1. The zero-order valence-electron chi connectivity index (χ0n) is 20.6. The van der Waals surface area contributed by atoms with Gasteiger partial charge >= 0.3 is 0 Å². The third-order valence-electron chi connectivity index (χ3n) is 7.11. The van der Waals surface area contributed by atoms with Crippen LogP contribution in [0.4, 0.5) is 0 Å². The van der Waals surface area contributed by atoms with Crippen LogP contribution in [0.25, 0.3) is 5.69 Å². The van der Waals surface area contributed by atoms with E-state index < -0.39 is 0 Å². The molecule has 2 aromatic heterocycles. The first kappa shape index (κ1) is 25.5. The molecule has 0 saturated carbocycles. The molecule has 1 aromatic carbocycles. The van der Waals surface area contributed by atoms with Crippen LogP contribution < -0.4 is 5.32 Å². The second kappa shape index (κ2) is 11.1. The Morgan fingerprint density at radius 2 is 1.89 bits per heavy atom. The second-order valence-corrected chi connectivity index (χ2v) is 10.6. The van der Waals surface area contributed by atoms with Crippen molar-refractivity contribution in [1.82, 2.24) is 24.7 Å². The minimum absolute atomic E-state index is 0.0168. The molecule has 2 atom stereocenters. The summed E-state index contributed by atoms with van der Waals surface area (Å²) in [5.74, 6) is 0. The lowest BCUT2D eigenvalue weighted by Gasteiger charge is -2.30. The maximum atomic E-state index is 6.62. The quantitative estimate of drug-likeness (QED) is 0.397. The lowest BCUT2D eigenvalue weighted by molar-refractivity contribution is 0.0365. The van der Waals surface area contributed by atoms with Gasteiger partial charge in [0.1, 0.15) is 0 Å². The monoisotopic (exact) mass is 543 g/mol. The Morgan fingerprint density at radius 1 is 1.08 bits per heavy atom. The Bertz CT molecular complexity index is 1230. The van der Waals surface area contributed by atoms with Gasteiger partial charge in [-0.15, -0.1) is 0 Å². The molecule has 2 aliphatic heterocycles. The van der Waals surface area contributed by atoms with E-state index in [1.807, 2.05) is 30.5 Å². The van der Waals surface area contributed by atoms with Gasteiger partial charge in [-0.3, -0.25) is 9.88 Å². The normalized spacial score (nSPS) is 20.7. The van der Waals surface area contributed by atoms with E-state index >= 15 is 0 Å². The summed E-state index contributed by atoms with van der Waals surface area (Å²) in [4.78, 5) is 9.49. The minimum atomic E-state index is -0.0447. The molecular weight excluding hydrogens is 513 g/mol. The lowest BCUT2D eigenvalue weighted by Crippen LogP contribution is -2.39. The number of aryl methyl sites for hydroxylation is 1. The molecule has 0 aliphatic carbocycles. The molecule has 4 heterocycles. The van der Waals surface area contributed by atoms with Crippen LogP contribution in [0.1, 0.15) is 41.1 Å². The number of pyridine rings is 1. The largest absolute Gasteiger partial charge is 0.379 e. The Labute approximate surface area is 228 Å². The van der Waals surface area contributed by atoms with Crippen molar-refractivity contribution in [1.29, 1.82) is 0 Å². The summed E-state index contributed by atoms with van der Waals surface area (Å²) in [7, 11) is 0. The highest BCUT2D eigenvalue weighted by molar-refractivity contribution is 7.80. The number of halogens is 2. The third kappa shape index (κ3) is 5.13. The molecule has 2 aliphatic rings. The van der Waals surface area contributed by atoms with Gasteiger partial charge in [-0.1, -0.05) is 29.3 Å². The highest BCUT2D eigenvalue weighted by atomic mass is 35.5. The van der Waals surface area contributed by atoms with Gasteiger partial charge in [0, 0.05) is 48.8 Å². The lowest BCUT2D eigenvalue weighted by atomic mass is 9.96. The number of aromatic nitrogens is 2. The van der Waals surface area contributed by atoms with Crippen molar-refractivity contribution in [3.8, 4) is 5.69 Å². The number of rotatable bonds is 7. The summed E-state index contributed by atoms with van der Waals surface area (Å²) in [5.41, 5.74) is 5.36. The second-order valence-electron chi connectivity index (χ2n) is 9.39. The zero-order valence-corrected chi connectivity index (χ0v) is 22.9. The number of ether oxygens (including phenoxy) is 1. The predicted octanol–water partition coefficient (Wildman–Crippen LogP) is 5.49. The van der Waals surface area contributed by atoms with Crippen molar-refractivity contribution < 1.29 is 4.74 Å². The minimum Gasteiger partial charge on any atom is -0.379 e. The van der Waals surface area contributed by atoms with Crippen LogP contribution in [0.3, 0.4) is 0 Å². The van der Waals surface area contributed by atoms with Crippen molar-refractivity contribution in [2.45, 2.75) is 32.4 Å². The standard InChI is InChI=1S/C27H31Cl2N5OS/c1-18-16-21(19(2)34(18)24-8-7-20(28)17-22(24)29)26-25(23-6-3-4-9-30-23)31-27(36)33(26)11-5-10-32-12-14-35-15-13-32/h3-4,6-9,16-17,25-26H,5,10-15H2,1-2H3,(H,31,36). The molecule has 6 nitrogen and oxygen atoms in total. The summed E-state index contributed by atoms with van der Waals surface area (Å²) in [6.07, 6.45) is 2.87. The fourth-order valence-electron chi connectivity index (χ4n) is 5.39. The fraction of sp³-hybridized carbons (Fsp3) is 0.407. The van der Waals surface area contributed by atoms with E-state index in [1.54, 1.807) is 6.07 Å². The van der Waals surface area contributed by atoms with Crippen molar-refractivity contribution in [2.24, 2.45) is 0 Å². The fourth-order valence-corrected chi connectivity index (χ4v) is 6.22. The van der Waals surface area contributed by atoms with Gasteiger partial charge in [0.05, 0.1) is 41.7 Å². The van der Waals surface area contributed by atoms with Gasteiger partial charge < -0.3 is 19.5 Å². The average molecular weight is 545 g/mol. The average Bonchev–Trinajstić information content (AvgIpc) is 3.35. The van der Waals surface area contributed by atoms with E-state index in [0.717, 1.165) is 73.7 Å². The molecule has 2 saturated heterocycles. The van der Waals surface area contributed by atoms with Gasteiger partial charge in [-0.05, 0) is 74.4 Å². The molecule has 9 heteroatoms. The summed E-state index contributed by atoms with van der Waals surface area (Å²) < 4.78 is 7.71. The number of hydrogen-bond acceptors (Lipinski definition) is 4. The Kier molecular flexibility index (Phi) is 7.84. The number of thiocarbonyl (C=S) groups is 1. The topological polar surface area (TPSA) is 45.6 Å². The molecule has 5 rings (SSSR count). The number of nitrogens with zero attached hydrogens (tertiary/aromatic N) is 4. The third-order valence-corrected chi connectivity index (χ3v) is 8.00. The molecule has 0 bridgehead atoms. The number of hydrogen-bond donors (Lipinski definition) is 1. The van der Waals surface area contributed by atoms with Gasteiger partial charge in [-0.2, -0.15) is 0 Å². The SMILES string of the molecule is Cc1cc(C2C(c3ccccn3)NC(=S)N2CCCN2CCOCC2)c(C)n1-c1ccc(Cl)cc1Cl. The van der Waals surface area contributed by atoms with E-state index in [4.69, 9.17) is 40.2 Å². The first-order chi connectivity index (χ1) is 17.4. The zero-order chi connectivity index (χ0) is 25.2. The van der Waals surface area contributed by atoms with Crippen molar-refractivity contribution in [3.63, 3.8) is 0 Å². The van der Waals surface area contributed by atoms with Crippen LogP contribution in [0.2, 0.25) is 10.0 Å². The van der Waals surface area contributed by atoms with E-state index in [9.17, 15) is 0 Å². The molecule has 0 spiro atoms. The smallest absolute Gasteiger partial charge is 0.170 e. The molecule has 2 unspecified atom stereocenters. The van der Waals surface area contributed by atoms with E-state index in [1.165, 1.54) is 5.56 Å². The molecule has 190 valence electrons. The van der Waals surface area contributed by atoms with Crippen LogP contribution >= 0.6 is 35.4 Å². The highest BCUT2D eigenvalue weighted by Gasteiger charge is 2.41. The maximum Gasteiger partial charge on any atom is 0.170 e. The van der Waals surface area contributed by atoms with Crippen LogP contribution in [0, 0.1) is 13.8 Å². The molecule has 2 fully saturated rings. The van der Waals surface area contributed by atoms with Crippen LogP contribution in [0.15, 0.2) is 48.7 Å². The Hall–Kier alpha value is -2.16. The van der Waals surface area contributed by atoms with Gasteiger partial charge in [-0.25, -0.2) is 0 Å². The summed E-state index contributed by atoms with van der Waals surface area (Å²) >= 11 is 18.7. The van der Waals surface area contributed by atoms with E-state index in [0.29, 0.717) is 10.0 Å². The van der Waals surface area contributed by atoms with Gasteiger partial charge in [0.25, 0.3) is 0 Å². The van der Waals surface area contributed by atoms with Crippen molar-refractivity contribution in [3.05, 3.63) is 81.4 Å². The first-order valence-electron chi connectivity index (χ1n) is 12.4. The maximum absolute atomic E-state index is 6.62. The van der Waals surface area contributed by atoms with Gasteiger partial charge in [0.2, 0.25) is 0 Å². The molecular formula is C27H31Cl2N5OS. The van der Waals surface area contributed by atoms with E-state index in [-0.39, 0.29) is 12.1 Å². The molecule has 1 N–H and O–H groups in total. The number of morpholine rings is 1. The van der Waals surface area contributed by atoms with Crippen molar-refractivity contribution >= 4 is 40.5 Å². The van der Waals surface area contributed by atoms with Crippen LogP contribution in [0.5, 0.6) is 0 Å². The Balaban J connectivity index is 1.49. The number of nitrogens with one attached hydrogen (secondary N) is 1.